The molecule has 0 aliphatic carbocycles. The highest BCUT2D eigenvalue weighted by atomic mass is 32.2. The first kappa shape index (κ1) is 10.6. The number of aromatic nitrogens is 2. The highest BCUT2D eigenvalue weighted by Gasteiger charge is 2.01. The predicted molar refractivity (Wildman–Crippen MR) is 66.3 cm³/mol. The molecular formula is C12H16N2S. The van der Waals surface area contributed by atoms with E-state index in [1.54, 1.807) is 0 Å². The van der Waals surface area contributed by atoms with Crippen LogP contribution in [0.15, 0.2) is 29.4 Å². The van der Waals surface area contributed by atoms with Crippen LogP contribution in [-0.4, -0.2) is 15.7 Å². The fourth-order valence-electron chi connectivity index (χ4n) is 1.52. The van der Waals surface area contributed by atoms with Gasteiger partial charge < -0.3 is 4.98 Å². The average molecular weight is 220 g/mol. The Labute approximate surface area is 94.5 Å². The Hall–Kier alpha value is -0.960. The third-order valence-corrected chi connectivity index (χ3v) is 3.31. The van der Waals surface area contributed by atoms with E-state index < -0.39 is 0 Å². The van der Waals surface area contributed by atoms with Gasteiger partial charge >= 0.3 is 0 Å². The minimum atomic E-state index is 1.05. The van der Waals surface area contributed by atoms with Gasteiger partial charge in [0.05, 0.1) is 11.0 Å². The lowest BCUT2D eigenvalue weighted by molar-refractivity contribution is 0.777. The molecule has 0 aliphatic rings. The van der Waals surface area contributed by atoms with Gasteiger partial charge in [0.2, 0.25) is 0 Å². The van der Waals surface area contributed by atoms with E-state index in [0.717, 1.165) is 21.9 Å². The third-order valence-electron chi connectivity index (χ3n) is 2.35. The minimum absolute atomic E-state index is 1.05. The van der Waals surface area contributed by atoms with Crippen molar-refractivity contribution in [2.24, 2.45) is 0 Å². The summed E-state index contributed by atoms with van der Waals surface area (Å²) in [6.07, 6.45) is 3.87. The second-order valence-corrected chi connectivity index (χ2v) is 4.70. The smallest absolute Gasteiger partial charge is 0.166 e. The number of imidazole rings is 1. The van der Waals surface area contributed by atoms with E-state index in [9.17, 15) is 0 Å². The number of nitrogens with one attached hydrogen (secondary N) is 1. The van der Waals surface area contributed by atoms with Crippen molar-refractivity contribution >= 4 is 22.8 Å². The van der Waals surface area contributed by atoms with Crippen molar-refractivity contribution in [3.8, 4) is 0 Å². The van der Waals surface area contributed by atoms with Gasteiger partial charge in [-0.3, -0.25) is 0 Å². The van der Waals surface area contributed by atoms with Gasteiger partial charge in [0.1, 0.15) is 0 Å². The monoisotopic (exact) mass is 220 g/mol. The van der Waals surface area contributed by atoms with E-state index in [2.05, 4.69) is 23.0 Å². The normalized spacial score (nSPS) is 11.0. The molecule has 0 amide bonds. The summed E-state index contributed by atoms with van der Waals surface area (Å²) in [6, 6.07) is 8.17. The molecule has 2 nitrogen and oxygen atoms in total. The first-order valence-electron chi connectivity index (χ1n) is 5.47. The topological polar surface area (TPSA) is 28.7 Å². The average Bonchev–Trinajstić information content (AvgIpc) is 2.67. The zero-order chi connectivity index (χ0) is 10.5. The van der Waals surface area contributed by atoms with Crippen LogP contribution in [0.5, 0.6) is 0 Å². The molecule has 1 N–H and O–H groups in total. The largest absolute Gasteiger partial charge is 0.333 e. The molecule has 2 aromatic rings. The van der Waals surface area contributed by atoms with Crippen LogP contribution in [-0.2, 0) is 0 Å². The molecular weight excluding hydrogens is 204 g/mol. The van der Waals surface area contributed by atoms with Crippen LogP contribution in [0.25, 0.3) is 11.0 Å². The van der Waals surface area contributed by atoms with Crippen LogP contribution < -0.4 is 0 Å². The van der Waals surface area contributed by atoms with Crippen molar-refractivity contribution < 1.29 is 0 Å². The molecule has 0 unspecified atom stereocenters. The summed E-state index contributed by atoms with van der Waals surface area (Å²) in [5.41, 5.74) is 2.20. The number of thioether (sulfide) groups is 1. The lowest BCUT2D eigenvalue weighted by Gasteiger charge is -1.95. The van der Waals surface area contributed by atoms with E-state index in [0.29, 0.717) is 0 Å². The number of benzene rings is 1. The second kappa shape index (κ2) is 5.21. The molecule has 1 heterocycles. The number of H-pyrrole nitrogens is 1. The molecule has 0 fully saturated rings. The van der Waals surface area contributed by atoms with Crippen LogP contribution in [0.4, 0.5) is 0 Å². The molecule has 0 saturated heterocycles. The molecule has 80 valence electrons. The Morgan fingerprint density at radius 2 is 2.13 bits per heavy atom. The Bertz CT molecular complexity index is 389. The van der Waals surface area contributed by atoms with Gasteiger partial charge in [0.15, 0.2) is 5.16 Å². The van der Waals surface area contributed by atoms with Crippen LogP contribution in [0.1, 0.15) is 26.2 Å². The maximum absolute atomic E-state index is 4.52. The van der Waals surface area contributed by atoms with Crippen LogP contribution in [0, 0.1) is 0 Å². The molecule has 1 aromatic carbocycles. The number of nitrogens with zero attached hydrogens (tertiary/aromatic N) is 1. The van der Waals surface area contributed by atoms with Crippen molar-refractivity contribution in [3.05, 3.63) is 24.3 Å². The van der Waals surface area contributed by atoms with Gasteiger partial charge in [-0.1, -0.05) is 43.7 Å². The van der Waals surface area contributed by atoms with E-state index in [4.69, 9.17) is 0 Å². The van der Waals surface area contributed by atoms with Gasteiger partial charge in [-0.2, -0.15) is 0 Å². The van der Waals surface area contributed by atoms with Crippen LogP contribution >= 0.6 is 11.8 Å². The summed E-state index contributed by atoms with van der Waals surface area (Å²) in [6.45, 7) is 2.23. The number of hydrogen-bond acceptors (Lipinski definition) is 2. The number of para-hydroxylation sites is 2. The fourth-order valence-corrected chi connectivity index (χ4v) is 2.41. The first-order valence-corrected chi connectivity index (χ1v) is 6.46. The molecule has 0 atom stereocenters. The molecule has 0 spiro atoms. The summed E-state index contributed by atoms with van der Waals surface area (Å²) in [4.78, 5) is 7.84. The van der Waals surface area contributed by atoms with Gasteiger partial charge in [-0.15, -0.1) is 0 Å². The molecule has 0 aliphatic heterocycles. The molecule has 0 saturated carbocycles. The number of aromatic amines is 1. The van der Waals surface area contributed by atoms with Crippen molar-refractivity contribution in [1.82, 2.24) is 9.97 Å². The number of unbranched alkanes of at least 4 members (excludes halogenated alkanes) is 2. The van der Waals surface area contributed by atoms with Crippen molar-refractivity contribution in [1.29, 1.82) is 0 Å². The highest BCUT2D eigenvalue weighted by molar-refractivity contribution is 7.99. The summed E-state index contributed by atoms with van der Waals surface area (Å²) in [5, 5.41) is 1.05. The summed E-state index contributed by atoms with van der Waals surface area (Å²) < 4.78 is 0. The maximum atomic E-state index is 4.52. The molecule has 2 rings (SSSR count). The number of hydrogen-bond donors (Lipinski definition) is 1. The minimum Gasteiger partial charge on any atom is -0.333 e. The Kier molecular flexibility index (Phi) is 3.67. The zero-order valence-electron chi connectivity index (χ0n) is 8.99. The SMILES string of the molecule is CCCCCSc1nc2ccccc2[nH]1. The van der Waals surface area contributed by atoms with E-state index >= 15 is 0 Å². The third kappa shape index (κ3) is 2.75. The standard InChI is InChI=1S/C12H16N2S/c1-2-3-6-9-15-12-13-10-7-4-5-8-11(10)14-12/h4-5,7-8H,2-3,6,9H2,1H3,(H,13,14). The molecule has 3 heteroatoms. The van der Waals surface area contributed by atoms with E-state index in [1.807, 2.05) is 30.0 Å². The Morgan fingerprint density at radius 3 is 2.93 bits per heavy atom. The molecule has 0 radical (unpaired) electrons. The molecule has 1 aromatic heterocycles. The Morgan fingerprint density at radius 1 is 1.27 bits per heavy atom. The zero-order valence-corrected chi connectivity index (χ0v) is 9.81. The van der Waals surface area contributed by atoms with Gasteiger partial charge in [0, 0.05) is 5.75 Å². The second-order valence-electron chi connectivity index (χ2n) is 3.61. The maximum Gasteiger partial charge on any atom is 0.166 e. The Balaban J connectivity index is 1.97. The van der Waals surface area contributed by atoms with Gasteiger partial charge in [0.25, 0.3) is 0 Å². The van der Waals surface area contributed by atoms with Crippen molar-refractivity contribution in [2.45, 2.75) is 31.3 Å². The lowest BCUT2D eigenvalue weighted by atomic mass is 10.3. The lowest BCUT2D eigenvalue weighted by Crippen LogP contribution is -1.81. The van der Waals surface area contributed by atoms with Crippen LogP contribution in [0.3, 0.4) is 0 Å². The molecule has 15 heavy (non-hydrogen) atoms. The number of fused-ring (bicyclic) bond motifs is 1. The van der Waals surface area contributed by atoms with Crippen molar-refractivity contribution in [2.75, 3.05) is 5.75 Å². The summed E-state index contributed by atoms with van der Waals surface area (Å²) in [7, 11) is 0. The van der Waals surface area contributed by atoms with E-state index in [-0.39, 0.29) is 0 Å². The van der Waals surface area contributed by atoms with Gasteiger partial charge in [-0.25, -0.2) is 4.98 Å². The summed E-state index contributed by atoms with van der Waals surface area (Å²) >= 11 is 1.82. The first-order chi connectivity index (χ1) is 7.40. The summed E-state index contributed by atoms with van der Waals surface area (Å²) in [5.74, 6) is 1.16. The van der Waals surface area contributed by atoms with Crippen molar-refractivity contribution in [3.63, 3.8) is 0 Å². The van der Waals surface area contributed by atoms with Crippen LogP contribution in [0.2, 0.25) is 0 Å². The van der Waals surface area contributed by atoms with E-state index in [1.165, 1.54) is 19.3 Å². The van der Waals surface area contributed by atoms with Gasteiger partial charge in [-0.05, 0) is 18.6 Å². The molecule has 0 bridgehead atoms. The fraction of sp³-hybridized carbons (Fsp3) is 0.417. The quantitative estimate of drug-likeness (QED) is 0.612. The highest BCUT2D eigenvalue weighted by Crippen LogP contribution is 2.20. The number of rotatable bonds is 5. The predicted octanol–water partition coefficient (Wildman–Crippen LogP) is 3.85.